The van der Waals surface area contributed by atoms with Gasteiger partial charge in [-0.2, -0.15) is 5.10 Å². The van der Waals surface area contributed by atoms with Gasteiger partial charge in [-0.1, -0.05) is 0 Å². The van der Waals surface area contributed by atoms with Gasteiger partial charge in [-0.05, 0) is 35.0 Å². The van der Waals surface area contributed by atoms with Crippen molar-refractivity contribution in [2.24, 2.45) is 7.05 Å². The van der Waals surface area contributed by atoms with Crippen molar-refractivity contribution < 1.29 is 4.42 Å². The predicted octanol–water partition coefficient (Wildman–Crippen LogP) is 2.95. The minimum Gasteiger partial charge on any atom is -0.452 e. The Hall–Kier alpha value is -1.23. The van der Waals surface area contributed by atoms with E-state index in [-0.39, 0.29) is 6.04 Å². The molecule has 0 aliphatic rings. The first-order chi connectivity index (χ1) is 7.15. The normalized spacial score (nSPS) is 12.7. The molecule has 0 fully saturated rings. The molecule has 1 unspecified atom stereocenters. The van der Waals surface area contributed by atoms with Gasteiger partial charge in [-0.25, -0.2) is 0 Å². The average Bonchev–Trinajstić information content (AvgIpc) is 2.75. The van der Waals surface area contributed by atoms with Crippen LogP contribution in [-0.2, 0) is 7.05 Å². The SMILES string of the molecule is CC(Nc1cnn(C)c1)c1ccc(Br)o1. The molecule has 0 aliphatic heterocycles. The van der Waals surface area contributed by atoms with Gasteiger partial charge in [0.1, 0.15) is 5.76 Å². The molecule has 15 heavy (non-hydrogen) atoms. The van der Waals surface area contributed by atoms with E-state index in [2.05, 4.69) is 26.3 Å². The maximum absolute atomic E-state index is 5.45. The molecule has 80 valence electrons. The van der Waals surface area contributed by atoms with Crippen molar-refractivity contribution in [2.75, 3.05) is 5.32 Å². The third-order valence-corrected chi connectivity index (χ3v) is 2.54. The number of halogens is 1. The first-order valence-corrected chi connectivity index (χ1v) is 5.45. The highest BCUT2D eigenvalue weighted by molar-refractivity contribution is 9.10. The minimum absolute atomic E-state index is 0.125. The Morgan fingerprint density at radius 3 is 2.87 bits per heavy atom. The van der Waals surface area contributed by atoms with E-state index in [1.807, 2.05) is 32.3 Å². The van der Waals surface area contributed by atoms with Crippen LogP contribution in [0.25, 0.3) is 0 Å². The van der Waals surface area contributed by atoms with Gasteiger partial charge in [-0.3, -0.25) is 4.68 Å². The van der Waals surface area contributed by atoms with Crippen molar-refractivity contribution in [1.29, 1.82) is 0 Å². The highest BCUT2D eigenvalue weighted by Crippen LogP contribution is 2.23. The summed E-state index contributed by atoms with van der Waals surface area (Å²) in [5, 5.41) is 7.38. The third-order valence-electron chi connectivity index (χ3n) is 2.11. The van der Waals surface area contributed by atoms with Crippen molar-refractivity contribution in [1.82, 2.24) is 9.78 Å². The standard InChI is InChI=1S/C10H12BrN3O/c1-7(9-3-4-10(11)15-9)13-8-5-12-14(2)6-8/h3-7,13H,1-2H3. The van der Waals surface area contributed by atoms with Crippen LogP contribution in [0.4, 0.5) is 5.69 Å². The van der Waals surface area contributed by atoms with Crippen molar-refractivity contribution in [2.45, 2.75) is 13.0 Å². The summed E-state index contributed by atoms with van der Waals surface area (Å²) in [6.07, 6.45) is 3.71. The number of nitrogens with one attached hydrogen (secondary N) is 1. The molecule has 0 aromatic carbocycles. The van der Waals surface area contributed by atoms with Crippen LogP contribution < -0.4 is 5.32 Å². The van der Waals surface area contributed by atoms with Crippen LogP contribution in [0.15, 0.2) is 33.6 Å². The van der Waals surface area contributed by atoms with Crippen LogP contribution in [0, 0.1) is 0 Å². The van der Waals surface area contributed by atoms with E-state index in [1.165, 1.54) is 0 Å². The molecule has 2 heterocycles. The fourth-order valence-electron chi connectivity index (χ4n) is 1.38. The fourth-order valence-corrected chi connectivity index (χ4v) is 1.70. The summed E-state index contributed by atoms with van der Waals surface area (Å²) in [6, 6.07) is 3.95. The number of anilines is 1. The number of hydrogen-bond acceptors (Lipinski definition) is 3. The summed E-state index contributed by atoms with van der Waals surface area (Å²) in [5.41, 5.74) is 0.984. The number of nitrogens with zero attached hydrogens (tertiary/aromatic N) is 2. The number of rotatable bonds is 3. The summed E-state index contributed by atoms with van der Waals surface area (Å²) in [5.74, 6) is 0.894. The summed E-state index contributed by atoms with van der Waals surface area (Å²) in [7, 11) is 1.89. The Morgan fingerprint density at radius 2 is 2.33 bits per heavy atom. The topological polar surface area (TPSA) is 43.0 Å². The minimum atomic E-state index is 0.125. The lowest BCUT2D eigenvalue weighted by molar-refractivity contribution is 0.471. The molecule has 0 aliphatic carbocycles. The molecular formula is C10H12BrN3O. The second kappa shape index (κ2) is 4.10. The van der Waals surface area contributed by atoms with Crippen LogP contribution in [0.5, 0.6) is 0 Å². The number of furan rings is 1. The fraction of sp³-hybridized carbons (Fsp3) is 0.300. The first-order valence-electron chi connectivity index (χ1n) is 4.65. The predicted molar refractivity (Wildman–Crippen MR) is 61.7 cm³/mol. The molecule has 2 rings (SSSR count). The van der Waals surface area contributed by atoms with Gasteiger partial charge in [0, 0.05) is 13.2 Å². The number of aryl methyl sites for hydroxylation is 1. The van der Waals surface area contributed by atoms with Gasteiger partial charge in [0.25, 0.3) is 0 Å². The highest BCUT2D eigenvalue weighted by atomic mass is 79.9. The van der Waals surface area contributed by atoms with Crippen LogP contribution >= 0.6 is 15.9 Å². The van der Waals surface area contributed by atoms with Crippen LogP contribution in [0.2, 0.25) is 0 Å². The van der Waals surface area contributed by atoms with E-state index in [0.717, 1.165) is 16.1 Å². The monoisotopic (exact) mass is 269 g/mol. The van der Waals surface area contributed by atoms with Gasteiger partial charge in [0.15, 0.2) is 4.67 Å². The Kier molecular flexibility index (Phi) is 2.81. The van der Waals surface area contributed by atoms with Crippen molar-refractivity contribution in [3.63, 3.8) is 0 Å². The van der Waals surface area contributed by atoms with Crippen LogP contribution in [0.1, 0.15) is 18.7 Å². The average molecular weight is 270 g/mol. The van der Waals surface area contributed by atoms with E-state index in [9.17, 15) is 0 Å². The van der Waals surface area contributed by atoms with E-state index >= 15 is 0 Å². The highest BCUT2D eigenvalue weighted by Gasteiger charge is 2.10. The molecule has 0 bridgehead atoms. The largest absolute Gasteiger partial charge is 0.452 e. The lowest BCUT2D eigenvalue weighted by Gasteiger charge is -2.10. The molecule has 0 saturated carbocycles. The van der Waals surface area contributed by atoms with E-state index in [0.29, 0.717) is 0 Å². The van der Waals surface area contributed by atoms with Gasteiger partial charge < -0.3 is 9.73 Å². The van der Waals surface area contributed by atoms with E-state index < -0.39 is 0 Å². The Labute approximate surface area is 96.4 Å². The first kappa shape index (κ1) is 10.3. The molecule has 0 saturated heterocycles. The lowest BCUT2D eigenvalue weighted by atomic mass is 10.2. The number of hydrogen-bond donors (Lipinski definition) is 1. The Morgan fingerprint density at radius 1 is 1.53 bits per heavy atom. The quantitative estimate of drug-likeness (QED) is 0.932. The molecule has 0 amide bonds. The number of aromatic nitrogens is 2. The van der Waals surface area contributed by atoms with Gasteiger partial charge >= 0.3 is 0 Å². The zero-order chi connectivity index (χ0) is 10.8. The second-order valence-corrected chi connectivity index (χ2v) is 4.19. The smallest absolute Gasteiger partial charge is 0.169 e. The molecule has 2 aromatic heterocycles. The molecule has 0 radical (unpaired) electrons. The molecule has 0 spiro atoms. The Balaban J connectivity index is 2.06. The third kappa shape index (κ3) is 2.41. The van der Waals surface area contributed by atoms with E-state index in [1.54, 1.807) is 10.9 Å². The van der Waals surface area contributed by atoms with Gasteiger partial charge in [-0.15, -0.1) is 0 Å². The zero-order valence-electron chi connectivity index (χ0n) is 8.57. The summed E-state index contributed by atoms with van der Waals surface area (Å²) in [4.78, 5) is 0. The second-order valence-electron chi connectivity index (χ2n) is 3.41. The molecule has 4 nitrogen and oxygen atoms in total. The zero-order valence-corrected chi connectivity index (χ0v) is 10.2. The van der Waals surface area contributed by atoms with Crippen LogP contribution in [-0.4, -0.2) is 9.78 Å². The molecule has 2 aromatic rings. The lowest BCUT2D eigenvalue weighted by Crippen LogP contribution is -2.04. The van der Waals surface area contributed by atoms with Crippen molar-refractivity contribution >= 4 is 21.6 Å². The maximum Gasteiger partial charge on any atom is 0.169 e. The summed E-state index contributed by atoms with van der Waals surface area (Å²) in [6.45, 7) is 2.04. The van der Waals surface area contributed by atoms with Crippen molar-refractivity contribution in [3.05, 3.63) is 35.0 Å². The Bertz CT molecular complexity index is 449. The molecular weight excluding hydrogens is 258 g/mol. The van der Waals surface area contributed by atoms with E-state index in [4.69, 9.17) is 4.42 Å². The maximum atomic E-state index is 5.45. The molecule has 1 N–H and O–H groups in total. The summed E-state index contributed by atoms with van der Waals surface area (Å²) >= 11 is 3.28. The summed E-state index contributed by atoms with van der Waals surface area (Å²) < 4.78 is 7.96. The van der Waals surface area contributed by atoms with Gasteiger partial charge in [0.2, 0.25) is 0 Å². The molecule has 5 heteroatoms. The molecule has 1 atom stereocenters. The van der Waals surface area contributed by atoms with Crippen molar-refractivity contribution in [3.8, 4) is 0 Å². The van der Waals surface area contributed by atoms with Crippen LogP contribution in [0.3, 0.4) is 0 Å². The van der Waals surface area contributed by atoms with Gasteiger partial charge in [0.05, 0.1) is 17.9 Å².